The minimum absolute atomic E-state index is 0.321. The molecule has 6 nitrogen and oxygen atoms in total. The van der Waals surface area contributed by atoms with Crippen molar-refractivity contribution < 1.29 is 9.47 Å². The summed E-state index contributed by atoms with van der Waals surface area (Å²) in [4.78, 5) is 4.36. The predicted molar refractivity (Wildman–Crippen MR) is 67.4 cm³/mol. The molecule has 0 atom stereocenters. The third kappa shape index (κ3) is 2.14. The van der Waals surface area contributed by atoms with Crippen LogP contribution in [0.1, 0.15) is 5.82 Å². The van der Waals surface area contributed by atoms with Crippen molar-refractivity contribution in [1.29, 1.82) is 0 Å². The number of hydrogen-bond acceptors (Lipinski definition) is 5. The Morgan fingerprint density at radius 1 is 1.22 bits per heavy atom. The Labute approximate surface area is 105 Å². The van der Waals surface area contributed by atoms with E-state index in [2.05, 4.69) is 10.1 Å². The number of benzene rings is 1. The van der Waals surface area contributed by atoms with Crippen molar-refractivity contribution in [2.75, 3.05) is 14.2 Å². The molecule has 0 saturated heterocycles. The zero-order chi connectivity index (χ0) is 13.1. The topological polar surface area (TPSA) is 75.2 Å². The van der Waals surface area contributed by atoms with Gasteiger partial charge in [-0.1, -0.05) is 0 Å². The Balaban J connectivity index is 2.47. The molecule has 2 N–H and O–H groups in total. The maximum absolute atomic E-state index is 5.53. The molecule has 18 heavy (non-hydrogen) atoms. The molecule has 2 rings (SSSR count). The van der Waals surface area contributed by atoms with Gasteiger partial charge < -0.3 is 15.2 Å². The molecule has 96 valence electrons. The van der Waals surface area contributed by atoms with E-state index in [1.54, 1.807) is 18.9 Å². The minimum atomic E-state index is 0.321. The second kappa shape index (κ2) is 5.05. The molecule has 0 saturated carbocycles. The largest absolute Gasteiger partial charge is 0.493 e. The molecule has 0 unspecified atom stereocenters. The van der Waals surface area contributed by atoms with Crippen LogP contribution in [-0.4, -0.2) is 29.0 Å². The van der Waals surface area contributed by atoms with Gasteiger partial charge in [-0.05, 0) is 18.2 Å². The molecule has 0 radical (unpaired) electrons. The Bertz CT molecular complexity index is 551. The smallest absolute Gasteiger partial charge is 0.164 e. The van der Waals surface area contributed by atoms with E-state index in [1.165, 1.54) is 0 Å². The molecular formula is C12H16N4O2. The Morgan fingerprint density at radius 2 is 1.94 bits per heavy atom. The molecule has 0 amide bonds. The SMILES string of the molecule is COc1ccc(-c2nc(CN)nn2C)cc1OC. The van der Waals surface area contributed by atoms with Gasteiger partial charge in [0.1, 0.15) is 0 Å². The van der Waals surface area contributed by atoms with Crippen molar-refractivity contribution in [2.45, 2.75) is 6.54 Å². The highest BCUT2D eigenvalue weighted by Crippen LogP contribution is 2.31. The highest BCUT2D eigenvalue weighted by molar-refractivity contribution is 5.61. The standard InChI is InChI=1S/C12H16N4O2/c1-16-12(14-11(7-13)15-16)8-4-5-9(17-2)10(6-8)18-3/h4-6H,7,13H2,1-3H3. The summed E-state index contributed by atoms with van der Waals surface area (Å²) < 4.78 is 12.2. The summed E-state index contributed by atoms with van der Waals surface area (Å²) in [5.41, 5.74) is 6.43. The quantitative estimate of drug-likeness (QED) is 0.872. The average molecular weight is 248 g/mol. The van der Waals surface area contributed by atoms with Gasteiger partial charge in [0.25, 0.3) is 0 Å². The number of aryl methyl sites for hydroxylation is 1. The second-order valence-electron chi connectivity index (χ2n) is 3.75. The fourth-order valence-electron chi connectivity index (χ4n) is 1.75. The summed E-state index contributed by atoms with van der Waals surface area (Å²) in [6, 6.07) is 5.61. The van der Waals surface area contributed by atoms with E-state index in [0.717, 1.165) is 11.4 Å². The number of ether oxygens (including phenoxy) is 2. The number of methoxy groups -OCH3 is 2. The maximum atomic E-state index is 5.53. The molecule has 2 aromatic rings. The van der Waals surface area contributed by atoms with Crippen LogP contribution in [0, 0.1) is 0 Å². The van der Waals surface area contributed by atoms with Gasteiger partial charge in [-0.3, -0.25) is 0 Å². The summed E-state index contributed by atoms with van der Waals surface area (Å²) in [6.07, 6.45) is 0. The van der Waals surface area contributed by atoms with Gasteiger partial charge in [-0.15, -0.1) is 0 Å². The van der Waals surface area contributed by atoms with Crippen molar-refractivity contribution in [3.05, 3.63) is 24.0 Å². The Hall–Kier alpha value is -2.08. The molecule has 1 aromatic carbocycles. The highest BCUT2D eigenvalue weighted by Gasteiger charge is 2.11. The monoisotopic (exact) mass is 248 g/mol. The molecule has 0 spiro atoms. The van der Waals surface area contributed by atoms with Crippen LogP contribution >= 0.6 is 0 Å². The predicted octanol–water partition coefficient (Wildman–Crippen LogP) is 0.958. The summed E-state index contributed by atoms with van der Waals surface area (Å²) in [7, 11) is 5.04. The third-order valence-corrected chi connectivity index (χ3v) is 2.63. The molecule has 0 aliphatic heterocycles. The highest BCUT2D eigenvalue weighted by atomic mass is 16.5. The van der Waals surface area contributed by atoms with Gasteiger partial charge in [0.2, 0.25) is 0 Å². The lowest BCUT2D eigenvalue weighted by Gasteiger charge is -2.08. The number of rotatable bonds is 4. The first-order valence-corrected chi connectivity index (χ1v) is 5.52. The van der Waals surface area contributed by atoms with Gasteiger partial charge in [0.05, 0.1) is 20.8 Å². The third-order valence-electron chi connectivity index (χ3n) is 2.63. The first kappa shape index (κ1) is 12.4. The first-order valence-electron chi connectivity index (χ1n) is 5.52. The van der Waals surface area contributed by atoms with E-state index in [-0.39, 0.29) is 0 Å². The van der Waals surface area contributed by atoms with E-state index in [9.17, 15) is 0 Å². The van der Waals surface area contributed by atoms with Crippen LogP contribution in [0.2, 0.25) is 0 Å². The van der Waals surface area contributed by atoms with Crippen LogP contribution in [0.15, 0.2) is 18.2 Å². The van der Waals surface area contributed by atoms with Gasteiger partial charge in [-0.2, -0.15) is 5.10 Å². The molecule has 0 fully saturated rings. The van der Waals surface area contributed by atoms with Crippen LogP contribution in [0.5, 0.6) is 11.5 Å². The molecule has 0 bridgehead atoms. The van der Waals surface area contributed by atoms with Gasteiger partial charge >= 0.3 is 0 Å². The van der Waals surface area contributed by atoms with E-state index in [0.29, 0.717) is 23.9 Å². The zero-order valence-corrected chi connectivity index (χ0v) is 10.7. The van der Waals surface area contributed by atoms with E-state index >= 15 is 0 Å². The zero-order valence-electron chi connectivity index (χ0n) is 10.7. The summed E-state index contributed by atoms with van der Waals surface area (Å²) in [5.74, 6) is 2.70. The van der Waals surface area contributed by atoms with Crippen LogP contribution in [-0.2, 0) is 13.6 Å². The van der Waals surface area contributed by atoms with Crippen molar-refractivity contribution in [3.8, 4) is 22.9 Å². The fraction of sp³-hybridized carbons (Fsp3) is 0.333. The fourth-order valence-corrected chi connectivity index (χ4v) is 1.75. The van der Waals surface area contributed by atoms with Gasteiger partial charge in [0.15, 0.2) is 23.1 Å². The van der Waals surface area contributed by atoms with Crippen molar-refractivity contribution in [3.63, 3.8) is 0 Å². The summed E-state index contributed by atoms with van der Waals surface area (Å²) >= 11 is 0. The minimum Gasteiger partial charge on any atom is -0.493 e. The van der Waals surface area contributed by atoms with Crippen LogP contribution < -0.4 is 15.2 Å². The normalized spacial score (nSPS) is 10.4. The van der Waals surface area contributed by atoms with E-state index < -0.39 is 0 Å². The van der Waals surface area contributed by atoms with Gasteiger partial charge in [0, 0.05) is 12.6 Å². The number of hydrogen-bond donors (Lipinski definition) is 1. The summed E-state index contributed by atoms with van der Waals surface area (Å²) in [6.45, 7) is 0.321. The Morgan fingerprint density at radius 3 is 2.50 bits per heavy atom. The van der Waals surface area contributed by atoms with E-state index in [4.69, 9.17) is 15.2 Å². The van der Waals surface area contributed by atoms with Crippen LogP contribution in [0.25, 0.3) is 11.4 Å². The molecule has 0 aliphatic rings. The lowest BCUT2D eigenvalue weighted by molar-refractivity contribution is 0.355. The van der Waals surface area contributed by atoms with Crippen molar-refractivity contribution in [2.24, 2.45) is 12.8 Å². The average Bonchev–Trinajstić information content (AvgIpc) is 2.79. The molecule has 0 aliphatic carbocycles. The first-order chi connectivity index (χ1) is 8.69. The lowest BCUT2D eigenvalue weighted by Crippen LogP contribution is -1.99. The number of nitrogens with zero attached hydrogens (tertiary/aromatic N) is 3. The molecule has 1 aromatic heterocycles. The molecule has 1 heterocycles. The van der Waals surface area contributed by atoms with Crippen LogP contribution in [0.3, 0.4) is 0 Å². The summed E-state index contributed by atoms with van der Waals surface area (Å²) in [5, 5.41) is 4.21. The number of aromatic nitrogens is 3. The van der Waals surface area contributed by atoms with Gasteiger partial charge in [-0.25, -0.2) is 9.67 Å². The second-order valence-corrected chi connectivity index (χ2v) is 3.75. The maximum Gasteiger partial charge on any atom is 0.164 e. The lowest BCUT2D eigenvalue weighted by atomic mass is 10.2. The number of nitrogens with two attached hydrogens (primary N) is 1. The molecule has 6 heteroatoms. The van der Waals surface area contributed by atoms with E-state index in [1.807, 2.05) is 25.2 Å². The van der Waals surface area contributed by atoms with Crippen molar-refractivity contribution >= 4 is 0 Å². The Kier molecular flexibility index (Phi) is 3.47. The van der Waals surface area contributed by atoms with Crippen molar-refractivity contribution in [1.82, 2.24) is 14.8 Å². The molecular weight excluding hydrogens is 232 g/mol. The van der Waals surface area contributed by atoms with Crippen LogP contribution in [0.4, 0.5) is 0 Å².